The van der Waals surface area contributed by atoms with Crippen LogP contribution in [0.4, 0.5) is 11.4 Å². The fourth-order valence-electron chi connectivity index (χ4n) is 4.14. The zero-order valence-electron chi connectivity index (χ0n) is 23.1. The third kappa shape index (κ3) is 7.18. The van der Waals surface area contributed by atoms with E-state index in [1.165, 1.54) is 11.8 Å². The first-order chi connectivity index (χ1) is 20.4. The minimum Gasteiger partial charge on any atom is -0.454 e. The van der Waals surface area contributed by atoms with Gasteiger partial charge in [0.1, 0.15) is 5.70 Å². The van der Waals surface area contributed by atoms with E-state index in [9.17, 15) is 14.4 Å². The van der Waals surface area contributed by atoms with Crippen LogP contribution < -0.4 is 25.0 Å². The highest BCUT2D eigenvalue weighted by Crippen LogP contribution is 2.33. The Labute approximate surface area is 248 Å². The number of nitrogens with one attached hydrogen (secondary N) is 2. The SMILES string of the molecule is CN(C)c1ccc(/C=C(\NC(=O)c2ccccc2)C(=O)Nc2cccc(SCC(=O)c3ccc4c(c3)OCO4)c2)cc1. The number of ether oxygens (including phenoxy) is 2. The standard InChI is InChI=1S/C33H29N3O5S/c1-36(2)26-14-11-22(12-15-26)17-28(35-32(38)23-7-4-3-5-8-23)33(39)34-25-9-6-10-27(19-25)42-20-29(37)24-13-16-30-31(18-24)41-21-40-30/h3-19H,20-21H2,1-2H3,(H,34,39)(H,35,38)/b28-17-. The van der Waals surface area contributed by atoms with Crippen LogP contribution >= 0.6 is 11.8 Å². The monoisotopic (exact) mass is 579 g/mol. The third-order valence-electron chi connectivity index (χ3n) is 6.41. The van der Waals surface area contributed by atoms with Crippen molar-refractivity contribution in [3.8, 4) is 11.5 Å². The molecule has 2 amide bonds. The van der Waals surface area contributed by atoms with Gasteiger partial charge in [-0.1, -0.05) is 36.4 Å². The molecule has 4 aromatic rings. The molecule has 5 rings (SSSR count). The van der Waals surface area contributed by atoms with Crippen LogP contribution in [0.5, 0.6) is 11.5 Å². The van der Waals surface area contributed by atoms with Crippen LogP contribution in [-0.2, 0) is 4.79 Å². The molecule has 0 unspecified atom stereocenters. The Kier molecular flexibility index (Phi) is 8.89. The van der Waals surface area contributed by atoms with Crippen LogP contribution in [0.3, 0.4) is 0 Å². The summed E-state index contributed by atoms with van der Waals surface area (Å²) in [6.07, 6.45) is 1.64. The van der Waals surface area contributed by atoms with Gasteiger partial charge in [0.15, 0.2) is 17.3 Å². The fourth-order valence-corrected chi connectivity index (χ4v) is 4.99. The molecule has 2 N–H and O–H groups in total. The number of hydrogen-bond donors (Lipinski definition) is 2. The number of carbonyl (C=O) groups excluding carboxylic acids is 3. The maximum atomic E-state index is 13.4. The zero-order valence-corrected chi connectivity index (χ0v) is 23.9. The van der Waals surface area contributed by atoms with Crippen molar-refractivity contribution in [1.29, 1.82) is 0 Å². The van der Waals surface area contributed by atoms with E-state index in [1.807, 2.05) is 55.4 Å². The van der Waals surface area contributed by atoms with Gasteiger partial charge in [0.25, 0.3) is 11.8 Å². The summed E-state index contributed by atoms with van der Waals surface area (Å²) in [4.78, 5) is 41.9. The van der Waals surface area contributed by atoms with E-state index >= 15 is 0 Å². The fraction of sp³-hybridized carbons (Fsp3) is 0.121. The first-order valence-electron chi connectivity index (χ1n) is 13.2. The van der Waals surface area contributed by atoms with Gasteiger partial charge in [-0.25, -0.2) is 0 Å². The molecule has 4 aromatic carbocycles. The molecule has 0 saturated carbocycles. The van der Waals surface area contributed by atoms with E-state index in [0.717, 1.165) is 16.1 Å². The normalized spacial score (nSPS) is 12.0. The molecular weight excluding hydrogens is 550 g/mol. The van der Waals surface area contributed by atoms with Crippen LogP contribution in [-0.4, -0.2) is 44.2 Å². The van der Waals surface area contributed by atoms with Gasteiger partial charge < -0.3 is 25.0 Å². The van der Waals surface area contributed by atoms with Gasteiger partial charge in [-0.15, -0.1) is 11.8 Å². The topological polar surface area (TPSA) is 97.0 Å². The minimum atomic E-state index is -0.477. The smallest absolute Gasteiger partial charge is 0.272 e. The molecule has 0 atom stereocenters. The Morgan fingerprint density at radius 1 is 0.833 bits per heavy atom. The Morgan fingerprint density at radius 3 is 2.36 bits per heavy atom. The van der Waals surface area contributed by atoms with Crippen molar-refractivity contribution >= 4 is 46.8 Å². The van der Waals surface area contributed by atoms with Crippen molar-refractivity contribution in [2.45, 2.75) is 4.90 Å². The first kappa shape index (κ1) is 28.5. The lowest BCUT2D eigenvalue weighted by atomic mass is 10.1. The lowest BCUT2D eigenvalue weighted by Crippen LogP contribution is -2.30. The number of thioether (sulfide) groups is 1. The summed E-state index contributed by atoms with van der Waals surface area (Å²) in [5.41, 5.74) is 3.37. The number of anilines is 2. The molecule has 1 heterocycles. The number of nitrogens with zero attached hydrogens (tertiary/aromatic N) is 1. The van der Waals surface area contributed by atoms with Crippen molar-refractivity contribution in [3.05, 3.63) is 119 Å². The maximum Gasteiger partial charge on any atom is 0.272 e. The van der Waals surface area contributed by atoms with Crippen LogP contribution in [0, 0.1) is 0 Å². The van der Waals surface area contributed by atoms with E-state index in [1.54, 1.807) is 66.7 Å². The molecule has 8 nitrogen and oxygen atoms in total. The number of carbonyl (C=O) groups is 3. The van der Waals surface area contributed by atoms with E-state index in [2.05, 4.69) is 10.6 Å². The van der Waals surface area contributed by atoms with E-state index in [0.29, 0.717) is 28.3 Å². The molecule has 0 aliphatic carbocycles. The van der Waals surface area contributed by atoms with Gasteiger partial charge in [-0.05, 0) is 72.3 Å². The van der Waals surface area contributed by atoms with Crippen LogP contribution in [0.25, 0.3) is 6.08 Å². The van der Waals surface area contributed by atoms with Crippen LogP contribution in [0.15, 0.2) is 108 Å². The maximum absolute atomic E-state index is 13.4. The number of benzene rings is 4. The van der Waals surface area contributed by atoms with E-state index in [-0.39, 0.29) is 24.0 Å². The quantitative estimate of drug-likeness (QED) is 0.138. The second kappa shape index (κ2) is 13.1. The van der Waals surface area contributed by atoms with Crippen molar-refractivity contribution in [2.24, 2.45) is 0 Å². The molecule has 0 radical (unpaired) electrons. The molecule has 212 valence electrons. The highest BCUT2D eigenvalue weighted by atomic mass is 32.2. The van der Waals surface area contributed by atoms with Gasteiger partial charge in [0.05, 0.1) is 5.75 Å². The van der Waals surface area contributed by atoms with Crippen molar-refractivity contribution in [2.75, 3.05) is 36.9 Å². The van der Waals surface area contributed by atoms with Crippen LogP contribution in [0.1, 0.15) is 26.3 Å². The average Bonchev–Trinajstić information content (AvgIpc) is 3.48. The van der Waals surface area contributed by atoms with Crippen LogP contribution in [0.2, 0.25) is 0 Å². The minimum absolute atomic E-state index is 0.0538. The lowest BCUT2D eigenvalue weighted by Gasteiger charge is -2.14. The summed E-state index contributed by atoms with van der Waals surface area (Å²) >= 11 is 1.36. The molecule has 1 aliphatic heterocycles. The second-order valence-electron chi connectivity index (χ2n) is 9.63. The lowest BCUT2D eigenvalue weighted by molar-refractivity contribution is -0.113. The Balaban J connectivity index is 1.29. The number of rotatable bonds is 10. The Morgan fingerprint density at radius 2 is 1.60 bits per heavy atom. The second-order valence-corrected chi connectivity index (χ2v) is 10.7. The molecular formula is C33H29N3O5S. The van der Waals surface area contributed by atoms with Gasteiger partial charge in [0.2, 0.25) is 6.79 Å². The van der Waals surface area contributed by atoms with Gasteiger partial charge in [-0.3, -0.25) is 14.4 Å². The predicted octanol–water partition coefficient (Wildman–Crippen LogP) is 5.87. The summed E-state index contributed by atoms with van der Waals surface area (Å²) < 4.78 is 10.7. The number of Topliss-reactive ketones (excluding diaryl/α,β-unsaturated/α-hetero) is 1. The van der Waals surface area contributed by atoms with E-state index < -0.39 is 11.8 Å². The summed E-state index contributed by atoms with van der Waals surface area (Å²) in [6.45, 7) is 0.149. The summed E-state index contributed by atoms with van der Waals surface area (Å²) in [5, 5.41) is 5.64. The highest BCUT2D eigenvalue weighted by molar-refractivity contribution is 8.00. The number of ketones is 1. The summed E-state index contributed by atoms with van der Waals surface area (Å²) in [5.74, 6) is 0.469. The molecule has 0 fully saturated rings. The van der Waals surface area contributed by atoms with Gasteiger partial charge in [-0.2, -0.15) is 0 Å². The Bertz CT molecular complexity index is 1640. The zero-order chi connectivity index (χ0) is 29.5. The molecule has 42 heavy (non-hydrogen) atoms. The number of hydrogen-bond acceptors (Lipinski definition) is 7. The number of amides is 2. The molecule has 0 bridgehead atoms. The molecule has 0 aromatic heterocycles. The molecule has 0 saturated heterocycles. The van der Waals surface area contributed by atoms with Crippen molar-refractivity contribution in [1.82, 2.24) is 5.32 Å². The molecule has 9 heteroatoms. The van der Waals surface area contributed by atoms with Gasteiger partial charge in [0, 0.05) is 41.5 Å². The summed E-state index contributed by atoms with van der Waals surface area (Å²) in [6, 6.07) is 28.7. The molecule has 0 spiro atoms. The van der Waals surface area contributed by atoms with E-state index in [4.69, 9.17) is 9.47 Å². The molecule has 1 aliphatic rings. The van der Waals surface area contributed by atoms with Crippen molar-refractivity contribution < 1.29 is 23.9 Å². The largest absolute Gasteiger partial charge is 0.454 e. The van der Waals surface area contributed by atoms with Gasteiger partial charge >= 0.3 is 0 Å². The average molecular weight is 580 g/mol. The first-order valence-corrected chi connectivity index (χ1v) is 14.2. The Hall–Kier alpha value is -5.02. The predicted molar refractivity (Wildman–Crippen MR) is 165 cm³/mol. The highest BCUT2D eigenvalue weighted by Gasteiger charge is 2.18. The van der Waals surface area contributed by atoms with Crippen molar-refractivity contribution in [3.63, 3.8) is 0 Å². The summed E-state index contributed by atoms with van der Waals surface area (Å²) in [7, 11) is 3.90. The number of fused-ring (bicyclic) bond motifs is 1. The third-order valence-corrected chi connectivity index (χ3v) is 7.40.